The van der Waals surface area contributed by atoms with Crippen LogP contribution in [0.2, 0.25) is 0 Å². The van der Waals surface area contributed by atoms with Gasteiger partial charge in [0.1, 0.15) is 6.61 Å². The van der Waals surface area contributed by atoms with Gasteiger partial charge in [-0.05, 0) is 12.5 Å². The minimum Gasteiger partial charge on any atom is -0.480 e. The van der Waals surface area contributed by atoms with Gasteiger partial charge in [-0.25, -0.2) is 4.79 Å². The second-order valence-electron chi connectivity index (χ2n) is 2.43. The molecule has 0 aromatic carbocycles. The minimum atomic E-state index is -0.955. The van der Waals surface area contributed by atoms with Crippen molar-refractivity contribution in [2.24, 2.45) is 0 Å². The van der Waals surface area contributed by atoms with Crippen LogP contribution in [-0.4, -0.2) is 23.8 Å². The molecule has 4 heteroatoms. The van der Waals surface area contributed by atoms with E-state index in [9.17, 15) is 4.79 Å². The summed E-state index contributed by atoms with van der Waals surface area (Å²) in [6.07, 6.45) is 5.75. The highest BCUT2D eigenvalue weighted by Gasteiger charge is 2.09. The highest BCUT2D eigenvalue weighted by Crippen LogP contribution is 2.15. The van der Waals surface area contributed by atoms with E-state index >= 15 is 0 Å². The van der Waals surface area contributed by atoms with E-state index in [0.29, 0.717) is 11.5 Å². The molecule has 0 fully saturated rings. The molecule has 0 saturated carbocycles. The Morgan fingerprint density at radius 2 is 2.58 bits per heavy atom. The second kappa shape index (κ2) is 4.28. The van der Waals surface area contributed by atoms with Crippen molar-refractivity contribution in [1.29, 1.82) is 0 Å². The SMILES string of the molecule is O=C(O)COC1C=CC(Cl)=CC1. The van der Waals surface area contributed by atoms with E-state index in [-0.39, 0.29) is 12.7 Å². The minimum absolute atomic E-state index is 0.149. The van der Waals surface area contributed by atoms with Crippen LogP contribution in [0, 0.1) is 0 Å². The van der Waals surface area contributed by atoms with Crippen molar-refractivity contribution in [2.45, 2.75) is 12.5 Å². The summed E-state index contributed by atoms with van der Waals surface area (Å²) in [6.45, 7) is -0.263. The van der Waals surface area contributed by atoms with Gasteiger partial charge in [0, 0.05) is 5.03 Å². The lowest BCUT2D eigenvalue weighted by Gasteiger charge is -2.13. The Balaban J connectivity index is 2.29. The van der Waals surface area contributed by atoms with Gasteiger partial charge in [-0.3, -0.25) is 0 Å². The van der Waals surface area contributed by atoms with Crippen molar-refractivity contribution in [2.75, 3.05) is 6.61 Å². The number of carboxylic acid groups (broad SMARTS) is 1. The quantitative estimate of drug-likeness (QED) is 0.731. The maximum absolute atomic E-state index is 10.1. The van der Waals surface area contributed by atoms with E-state index < -0.39 is 5.97 Å². The zero-order chi connectivity index (χ0) is 8.97. The number of rotatable bonds is 3. The molecule has 0 amide bonds. The number of carboxylic acids is 1. The molecule has 1 aliphatic rings. The molecule has 0 bridgehead atoms. The fourth-order valence-electron chi connectivity index (χ4n) is 0.877. The largest absolute Gasteiger partial charge is 0.480 e. The number of hydrogen-bond donors (Lipinski definition) is 1. The number of aliphatic carboxylic acids is 1. The number of hydrogen-bond acceptors (Lipinski definition) is 2. The van der Waals surface area contributed by atoms with E-state index in [1.165, 1.54) is 0 Å². The van der Waals surface area contributed by atoms with Crippen molar-refractivity contribution >= 4 is 17.6 Å². The standard InChI is InChI=1S/C8H9ClO3/c9-6-1-3-7(4-2-6)12-5-8(10)11/h1-3,7H,4-5H2,(H,10,11). The fourth-order valence-corrected chi connectivity index (χ4v) is 1.04. The van der Waals surface area contributed by atoms with Gasteiger partial charge in [0.2, 0.25) is 0 Å². The van der Waals surface area contributed by atoms with Crippen molar-refractivity contribution in [3.05, 3.63) is 23.3 Å². The summed E-state index contributed by atoms with van der Waals surface area (Å²) in [6, 6.07) is 0. The molecular weight excluding hydrogens is 180 g/mol. The lowest BCUT2D eigenvalue weighted by Crippen LogP contribution is -2.16. The predicted molar refractivity (Wildman–Crippen MR) is 45.1 cm³/mol. The second-order valence-corrected chi connectivity index (χ2v) is 2.86. The zero-order valence-corrected chi connectivity index (χ0v) is 7.12. The van der Waals surface area contributed by atoms with Crippen LogP contribution in [0.4, 0.5) is 0 Å². The third-order valence-electron chi connectivity index (χ3n) is 1.44. The summed E-state index contributed by atoms with van der Waals surface area (Å²) >= 11 is 5.65. The van der Waals surface area contributed by atoms with Crippen LogP contribution in [0.25, 0.3) is 0 Å². The highest BCUT2D eigenvalue weighted by atomic mass is 35.5. The molecule has 3 nitrogen and oxygen atoms in total. The number of ether oxygens (including phenoxy) is 1. The van der Waals surface area contributed by atoms with E-state index in [1.54, 1.807) is 18.2 Å². The molecular formula is C8H9ClO3. The third-order valence-corrected chi connectivity index (χ3v) is 1.72. The third kappa shape index (κ3) is 3.07. The Hall–Kier alpha value is -0.800. The molecule has 0 heterocycles. The Morgan fingerprint density at radius 1 is 1.83 bits per heavy atom. The molecule has 1 unspecified atom stereocenters. The Bertz CT molecular complexity index is 232. The van der Waals surface area contributed by atoms with Gasteiger partial charge >= 0.3 is 5.97 Å². The first-order valence-electron chi connectivity index (χ1n) is 3.56. The van der Waals surface area contributed by atoms with Gasteiger partial charge in [0.15, 0.2) is 0 Å². The van der Waals surface area contributed by atoms with Crippen LogP contribution in [0.5, 0.6) is 0 Å². The monoisotopic (exact) mass is 188 g/mol. The summed E-state index contributed by atoms with van der Waals surface area (Å²) in [4.78, 5) is 10.1. The number of allylic oxidation sites excluding steroid dienone is 2. The predicted octanol–water partition coefficient (Wildman–Crippen LogP) is 1.54. The Morgan fingerprint density at radius 3 is 3.08 bits per heavy atom. The summed E-state index contributed by atoms with van der Waals surface area (Å²) in [5, 5.41) is 8.98. The first-order chi connectivity index (χ1) is 5.68. The smallest absolute Gasteiger partial charge is 0.329 e. The van der Waals surface area contributed by atoms with Crippen LogP contribution < -0.4 is 0 Å². The van der Waals surface area contributed by atoms with Gasteiger partial charge in [-0.2, -0.15) is 0 Å². The molecule has 1 rings (SSSR count). The molecule has 1 aliphatic carbocycles. The van der Waals surface area contributed by atoms with Crippen molar-refractivity contribution in [3.8, 4) is 0 Å². The lowest BCUT2D eigenvalue weighted by molar-refractivity contribution is -0.143. The van der Waals surface area contributed by atoms with E-state index in [4.69, 9.17) is 21.4 Å². The first kappa shape index (κ1) is 9.29. The van der Waals surface area contributed by atoms with Crippen molar-refractivity contribution < 1.29 is 14.6 Å². The molecule has 12 heavy (non-hydrogen) atoms. The van der Waals surface area contributed by atoms with Crippen LogP contribution in [0.3, 0.4) is 0 Å². The molecule has 0 aliphatic heterocycles. The van der Waals surface area contributed by atoms with Gasteiger partial charge in [0.25, 0.3) is 0 Å². The molecule has 66 valence electrons. The molecule has 0 saturated heterocycles. The molecule has 0 aromatic heterocycles. The van der Waals surface area contributed by atoms with Gasteiger partial charge in [-0.15, -0.1) is 0 Å². The summed E-state index contributed by atoms with van der Waals surface area (Å²) in [5.41, 5.74) is 0. The van der Waals surface area contributed by atoms with Gasteiger partial charge in [-0.1, -0.05) is 23.8 Å². The normalized spacial score (nSPS) is 22.1. The van der Waals surface area contributed by atoms with E-state index in [1.807, 2.05) is 0 Å². The maximum Gasteiger partial charge on any atom is 0.329 e. The van der Waals surface area contributed by atoms with Crippen LogP contribution in [0.15, 0.2) is 23.3 Å². The van der Waals surface area contributed by atoms with Crippen LogP contribution in [0.1, 0.15) is 6.42 Å². The summed E-state index contributed by atoms with van der Waals surface area (Å²) in [5.74, 6) is -0.955. The number of halogens is 1. The fraction of sp³-hybridized carbons (Fsp3) is 0.375. The van der Waals surface area contributed by atoms with Gasteiger partial charge < -0.3 is 9.84 Å². The average molecular weight is 189 g/mol. The topological polar surface area (TPSA) is 46.5 Å². The first-order valence-corrected chi connectivity index (χ1v) is 3.93. The summed E-state index contributed by atoms with van der Waals surface area (Å²) in [7, 11) is 0. The Kier molecular flexibility index (Phi) is 3.31. The maximum atomic E-state index is 10.1. The van der Waals surface area contributed by atoms with Crippen LogP contribution >= 0.6 is 11.6 Å². The van der Waals surface area contributed by atoms with Crippen molar-refractivity contribution in [3.63, 3.8) is 0 Å². The van der Waals surface area contributed by atoms with Crippen LogP contribution in [-0.2, 0) is 9.53 Å². The lowest BCUT2D eigenvalue weighted by atomic mass is 10.1. The molecule has 0 spiro atoms. The molecule has 0 radical (unpaired) electrons. The molecule has 1 atom stereocenters. The summed E-state index contributed by atoms with van der Waals surface area (Å²) < 4.78 is 5.00. The highest BCUT2D eigenvalue weighted by molar-refractivity contribution is 6.31. The van der Waals surface area contributed by atoms with E-state index in [0.717, 1.165) is 0 Å². The van der Waals surface area contributed by atoms with Crippen molar-refractivity contribution in [1.82, 2.24) is 0 Å². The number of carbonyl (C=O) groups is 1. The molecule has 0 aromatic rings. The van der Waals surface area contributed by atoms with Gasteiger partial charge in [0.05, 0.1) is 6.10 Å². The Labute approximate surface area is 75.3 Å². The average Bonchev–Trinajstić information content (AvgIpc) is 2.03. The molecule has 1 N–H and O–H groups in total. The zero-order valence-electron chi connectivity index (χ0n) is 6.37. The van der Waals surface area contributed by atoms with E-state index in [2.05, 4.69) is 0 Å².